The van der Waals surface area contributed by atoms with E-state index in [1.54, 1.807) is 6.92 Å². The maximum Gasteiger partial charge on any atom is 0.328 e. The summed E-state index contributed by atoms with van der Waals surface area (Å²) in [4.78, 5) is 10.9. The maximum absolute atomic E-state index is 11.1. The van der Waals surface area contributed by atoms with Gasteiger partial charge < -0.3 is 15.3 Å². The van der Waals surface area contributed by atoms with Crippen LogP contribution in [0.25, 0.3) is 0 Å². The first-order chi connectivity index (χ1) is 10.9. The molecule has 4 heteroatoms. The molecule has 6 atom stereocenters. The molecule has 138 valence electrons. The van der Waals surface area contributed by atoms with Gasteiger partial charge in [0.05, 0.1) is 11.7 Å². The number of allylic oxidation sites excluding steroid dienone is 1. The van der Waals surface area contributed by atoms with Gasteiger partial charge in [0, 0.05) is 11.5 Å². The molecule has 0 aromatic carbocycles. The van der Waals surface area contributed by atoms with Crippen LogP contribution < -0.4 is 0 Å². The summed E-state index contributed by atoms with van der Waals surface area (Å²) >= 11 is 0. The first-order valence-corrected chi connectivity index (χ1v) is 9.25. The molecule has 2 aliphatic rings. The Morgan fingerprint density at radius 2 is 1.83 bits per heavy atom. The number of carbonyl (C=O) groups is 1. The number of hydrogen-bond acceptors (Lipinski definition) is 3. The number of aliphatic carboxylic acids is 1. The Kier molecular flexibility index (Phi) is 5.23. The highest BCUT2D eigenvalue weighted by Gasteiger charge is 2.62. The standard InChI is InChI=1S/C20H34O4/c1-13(12-17(22)23)8-10-18(3)14(2)9-11-19(4)15(18)6-7-16(21)20(19,5)24/h12,14-16,21,24H,6-11H2,1-5H3,(H,22,23)/b13-12+/t14-,15+,16+,18-,19-,20-/m1/s1. The molecule has 0 aromatic heterocycles. The number of carboxylic acids is 1. The van der Waals surface area contributed by atoms with Gasteiger partial charge in [-0.05, 0) is 69.6 Å². The van der Waals surface area contributed by atoms with E-state index in [2.05, 4.69) is 20.8 Å². The van der Waals surface area contributed by atoms with Gasteiger partial charge in [0.1, 0.15) is 0 Å². The molecular formula is C20H34O4. The minimum Gasteiger partial charge on any atom is -0.478 e. The normalized spacial score (nSPS) is 46.5. The van der Waals surface area contributed by atoms with Gasteiger partial charge in [-0.25, -0.2) is 4.79 Å². The zero-order valence-corrected chi connectivity index (χ0v) is 15.8. The summed E-state index contributed by atoms with van der Waals surface area (Å²) in [5, 5.41) is 30.4. The topological polar surface area (TPSA) is 77.8 Å². The van der Waals surface area contributed by atoms with Crippen LogP contribution in [0.3, 0.4) is 0 Å². The lowest BCUT2D eigenvalue weighted by molar-refractivity contribution is -0.235. The van der Waals surface area contributed by atoms with Crippen molar-refractivity contribution in [2.24, 2.45) is 22.7 Å². The molecule has 0 aromatic rings. The summed E-state index contributed by atoms with van der Waals surface area (Å²) < 4.78 is 0. The van der Waals surface area contributed by atoms with Crippen molar-refractivity contribution in [1.82, 2.24) is 0 Å². The molecule has 0 amide bonds. The van der Waals surface area contributed by atoms with Gasteiger partial charge >= 0.3 is 5.97 Å². The van der Waals surface area contributed by atoms with Crippen LogP contribution in [0.5, 0.6) is 0 Å². The Morgan fingerprint density at radius 3 is 2.42 bits per heavy atom. The van der Waals surface area contributed by atoms with Crippen LogP contribution in [0, 0.1) is 22.7 Å². The van der Waals surface area contributed by atoms with Gasteiger partial charge in [0.25, 0.3) is 0 Å². The molecule has 24 heavy (non-hydrogen) atoms. The summed E-state index contributed by atoms with van der Waals surface area (Å²) in [6, 6.07) is 0. The van der Waals surface area contributed by atoms with Crippen LogP contribution in [-0.4, -0.2) is 33.0 Å². The molecule has 2 fully saturated rings. The molecular weight excluding hydrogens is 304 g/mol. The van der Waals surface area contributed by atoms with Gasteiger partial charge in [0.2, 0.25) is 0 Å². The van der Waals surface area contributed by atoms with Crippen LogP contribution in [0.1, 0.15) is 73.1 Å². The first kappa shape index (κ1) is 19.5. The van der Waals surface area contributed by atoms with Crippen LogP contribution in [-0.2, 0) is 4.79 Å². The van der Waals surface area contributed by atoms with Crippen LogP contribution >= 0.6 is 0 Å². The zero-order chi connectivity index (χ0) is 18.3. The third kappa shape index (κ3) is 3.03. The summed E-state index contributed by atoms with van der Waals surface area (Å²) in [7, 11) is 0. The molecule has 0 unspecified atom stereocenters. The van der Waals surface area contributed by atoms with E-state index < -0.39 is 17.7 Å². The fourth-order valence-corrected chi connectivity index (χ4v) is 5.50. The maximum atomic E-state index is 11.1. The Labute approximate surface area is 146 Å². The Morgan fingerprint density at radius 1 is 1.21 bits per heavy atom. The van der Waals surface area contributed by atoms with Crippen molar-refractivity contribution in [1.29, 1.82) is 0 Å². The number of hydrogen-bond donors (Lipinski definition) is 3. The second-order valence-corrected chi connectivity index (χ2v) is 8.99. The smallest absolute Gasteiger partial charge is 0.328 e. The Balaban J connectivity index is 2.29. The van der Waals surface area contributed by atoms with Gasteiger partial charge in [-0.2, -0.15) is 0 Å². The fourth-order valence-electron chi connectivity index (χ4n) is 5.50. The predicted octanol–water partition coefficient (Wildman–Crippen LogP) is 3.76. The molecule has 0 saturated heterocycles. The summed E-state index contributed by atoms with van der Waals surface area (Å²) in [5.74, 6) is -0.0214. The lowest BCUT2D eigenvalue weighted by Crippen LogP contribution is -2.65. The largest absolute Gasteiger partial charge is 0.478 e. The number of aliphatic hydroxyl groups is 2. The predicted molar refractivity (Wildman–Crippen MR) is 94.6 cm³/mol. The minimum atomic E-state index is -1.07. The van der Waals surface area contributed by atoms with Crippen molar-refractivity contribution in [2.45, 2.75) is 84.8 Å². The molecule has 0 bridgehead atoms. The van der Waals surface area contributed by atoms with E-state index in [0.29, 0.717) is 18.3 Å². The molecule has 2 aliphatic carbocycles. The highest BCUT2D eigenvalue weighted by molar-refractivity contribution is 5.80. The molecule has 3 N–H and O–H groups in total. The van der Waals surface area contributed by atoms with E-state index in [1.165, 1.54) is 6.08 Å². The van der Waals surface area contributed by atoms with Crippen molar-refractivity contribution in [3.8, 4) is 0 Å². The fraction of sp³-hybridized carbons (Fsp3) is 0.850. The molecule has 2 rings (SSSR count). The van der Waals surface area contributed by atoms with E-state index in [0.717, 1.165) is 37.7 Å². The SMILES string of the molecule is C/C(=C\C(=O)O)CC[C@]1(C)[C@H](C)CC[C@]2(C)[C@H]1CC[C@H](O)[C@@]2(C)O. The minimum absolute atomic E-state index is 0.0464. The van der Waals surface area contributed by atoms with Crippen LogP contribution in [0.4, 0.5) is 0 Å². The summed E-state index contributed by atoms with van der Waals surface area (Å²) in [6.45, 7) is 10.4. The number of fused-ring (bicyclic) bond motifs is 1. The van der Waals surface area contributed by atoms with E-state index in [1.807, 2.05) is 6.92 Å². The molecule has 0 heterocycles. The molecule has 4 nitrogen and oxygen atoms in total. The number of carboxylic acid groups (broad SMARTS) is 1. The number of rotatable bonds is 4. The van der Waals surface area contributed by atoms with Gasteiger partial charge in [-0.1, -0.05) is 26.3 Å². The van der Waals surface area contributed by atoms with Crippen molar-refractivity contribution < 1.29 is 20.1 Å². The van der Waals surface area contributed by atoms with Gasteiger partial charge in [-0.15, -0.1) is 0 Å². The van der Waals surface area contributed by atoms with Crippen molar-refractivity contribution in [3.63, 3.8) is 0 Å². The number of aliphatic hydroxyl groups excluding tert-OH is 1. The van der Waals surface area contributed by atoms with Gasteiger partial charge in [0.15, 0.2) is 0 Å². The average Bonchev–Trinajstić information content (AvgIpc) is 2.47. The zero-order valence-electron chi connectivity index (χ0n) is 15.8. The van der Waals surface area contributed by atoms with E-state index in [-0.39, 0.29) is 10.8 Å². The van der Waals surface area contributed by atoms with E-state index >= 15 is 0 Å². The van der Waals surface area contributed by atoms with Crippen LogP contribution in [0.15, 0.2) is 11.6 Å². The Hall–Kier alpha value is -0.870. The highest BCUT2D eigenvalue weighted by atomic mass is 16.4. The first-order valence-electron chi connectivity index (χ1n) is 9.25. The molecule has 0 aliphatic heterocycles. The molecule has 0 spiro atoms. The third-order valence-corrected chi connectivity index (χ3v) is 7.75. The quantitative estimate of drug-likeness (QED) is 0.682. The second-order valence-electron chi connectivity index (χ2n) is 8.99. The summed E-state index contributed by atoms with van der Waals surface area (Å²) in [6.07, 6.45) is 5.87. The van der Waals surface area contributed by atoms with Crippen molar-refractivity contribution >= 4 is 5.97 Å². The lowest BCUT2D eigenvalue weighted by Gasteiger charge is -2.64. The third-order valence-electron chi connectivity index (χ3n) is 7.75. The Bertz CT molecular complexity index is 524. The highest BCUT2D eigenvalue weighted by Crippen LogP contribution is 2.64. The average molecular weight is 338 g/mol. The molecule has 2 saturated carbocycles. The summed E-state index contributed by atoms with van der Waals surface area (Å²) in [5.41, 5.74) is -0.421. The van der Waals surface area contributed by atoms with Gasteiger partial charge in [-0.3, -0.25) is 0 Å². The lowest BCUT2D eigenvalue weighted by atomic mass is 9.43. The van der Waals surface area contributed by atoms with Crippen molar-refractivity contribution in [2.75, 3.05) is 0 Å². The second kappa shape index (κ2) is 6.45. The van der Waals surface area contributed by atoms with Crippen LogP contribution in [0.2, 0.25) is 0 Å². The monoisotopic (exact) mass is 338 g/mol. The van der Waals surface area contributed by atoms with Crippen molar-refractivity contribution in [3.05, 3.63) is 11.6 Å². The molecule has 0 radical (unpaired) electrons. The van der Waals surface area contributed by atoms with E-state index in [4.69, 9.17) is 5.11 Å². The van der Waals surface area contributed by atoms with E-state index in [9.17, 15) is 15.0 Å².